The number of hydrogen-bond acceptors (Lipinski definition) is 3. The largest absolute Gasteiger partial charge is 0.341 e. The second kappa shape index (κ2) is 6.49. The van der Waals surface area contributed by atoms with Gasteiger partial charge in [-0.25, -0.2) is 0 Å². The Balaban J connectivity index is 0.00000156. The number of hydrogen-bond donors (Lipinski definition) is 1. The molecule has 1 aromatic heterocycles. The average Bonchev–Trinajstić information content (AvgIpc) is 3.08. The molecule has 4 rings (SSSR count). The summed E-state index contributed by atoms with van der Waals surface area (Å²) in [4.78, 5) is 14.5. The quantitative estimate of drug-likeness (QED) is 0.936. The third-order valence-corrected chi connectivity index (χ3v) is 5.15. The SMILES string of the molecule is CN(C(=O)Cn1cc2ccccc2n1)C1CC2CCC(C1)N2.Cl. The lowest BCUT2D eigenvalue weighted by Gasteiger charge is -2.35. The summed E-state index contributed by atoms with van der Waals surface area (Å²) in [6, 6.07) is 9.54. The third-order valence-electron chi connectivity index (χ3n) is 5.15. The summed E-state index contributed by atoms with van der Waals surface area (Å²) in [5.41, 5.74) is 0.942. The van der Waals surface area contributed by atoms with Gasteiger partial charge >= 0.3 is 0 Å². The molecule has 2 saturated heterocycles. The highest BCUT2D eigenvalue weighted by Gasteiger charge is 2.36. The molecule has 1 N–H and O–H groups in total. The van der Waals surface area contributed by atoms with Crippen molar-refractivity contribution in [2.24, 2.45) is 0 Å². The van der Waals surface area contributed by atoms with Crippen molar-refractivity contribution in [3.8, 4) is 0 Å². The number of carbonyl (C=O) groups is 1. The van der Waals surface area contributed by atoms with Gasteiger partial charge in [-0.1, -0.05) is 18.2 Å². The Bertz CT molecular complexity index is 656. The third kappa shape index (κ3) is 3.21. The first-order valence-electron chi connectivity index (χ1n) is 8.13. The van der Waals surface area contributed by atoms with E-state index in [1.54, 1.807) is 4.68 Å². The molecule has 2 atom stereocenters. The monoisotopic (exact) mass is 334 g/mol. The highest BCUT2D eigenvalue weighted by atomic mass is 35.5. The summed E-state index contributed by atoms with van der Waals surface area (Å²) in [7, 11) is 1.95. The van der Waals surface area contributed by atoms with Gasteiger partial charge in [-0.2, -0.15) is 5.10 Å². The Morgan fingerprint density at radius 1 is 1.30 bits per heavy atom. The molecule has 2 aliphatic rings. The van der Waals surface area contributed by atoms with Gasteiger partial charge in [0.1, 0.15) is 6.54 Å². The lowest BCUT2D eigenvalue weighted by atomic mass is 9.98. The van der Waals surface area contributed by atoms with Crippen LogP contribution in [-0.4, -0.2) is 45.8 Å². The van der Waals surface area contributed by atoms with Crippen LogP contribution in [0.1, 0.15) is 25.7 Å². The maximum atomic E-state index is 12.6. The Hall–Kier alpha value is -1.59. The van der Waals surface area contributed by atoms with Crippen LogP contribution < -0.4 is 5.32 Å². The molecule has 2 bridgehead atoms. The average molecular weight is 335 g/mol. The molecule has 124 valence electrons. The lowest BCUT2D eigenvalue weighted by Crippen LogP contribution is -2.49. The maximum absolute atomic E-state index is 12.6. The normalized spacial score (nSPS) is 26.0. The van der Waals surface area contributed by atoms with Gasteiger partial charge in [-0.3, -0.25) is 9.48 Å². The first-order chi connectivity index (χ1) is 10.7. The highest BCUT2D eigenvalue weighted by Crippen LogP contribution is 2.29. The molecule has 0 spiro atoms. The summed E-state index contributed by atoms with van der Waals surface area (Å²) < 4.78 is 1.76. The number of piperidine rings is 1. The van der Waals surface area contributed by atoms with Crippen LogP contribution in [0.5, 0.6) is 0 Å². The van der Waals surface area contributed by atoms with Crippen LogP contribution in [0.2, 0.25) is 0 Å². The van der Waals surface area contributed by atoms with Crippen LogP contribution in [0.25, 0.3) is 10.9 Å². The van der Waals surface area contributed by atoms with Gasteiger partial charge in [-0.05, 0) is 31.7 Å². The Morgan fingerprint density at radius 2 is 2.00 bits per heavy atom. The molecule has 0 saturated carbocycles. The van der Waals surface area contributed by atoms with Crippen LogP contribution in [0.4, 0.5) is 0 Å². The van der Waals surface area contributed by atoms with E-state index in [-0.39, 0.29) is 18.3 Å². The molecule has 2 aromatic rings. The highest BCUT2D eigenvalue weighted by molar-refractivity contribution is 5.85. The van der Waals surface area contributed by atoms with Crippen molar-refractivity contribution in [3.63, 3.8) is 0 Å². The molecule has 3 heterocycles. The number of nitrogens with zero attached hydrogens (tertiary/aromatic N) is 3. The number of fused-ring (bicyclic) bond motifs is 3. The van der Waals surface area contributed by atoms with E-state index < -0.39 is 0 Å². The number of amides is 1. The summed E-state index contributed by atoms with van der Waals surface area (Å²) in [6.07, 6.45) is 6.63. The predicted octanol–water partition coefficient (Wildman–Crippen LogP) is 2.20. The van der Waals surface area contributed by atoms with Crippen LogP contribution >= 0.6 is 12.4 Å². The van der Waals surface area contributed by atoms with Gasteiger partial charge in [-0.15, -0.1) is 12.4 Å². The molecule has 2 unspecified atom stereocenters. The summed E-state index contributed by atoms with van der Waals surface area (Å²) in [6.45, 7) is 0.324. The van der Waals surface area contributed by atoms with Crippen molar-refractivity contribution < 1.29 is 4.79 Å². The van der Waals surface area contributed by atoms with Crippen LogP contribution in [0.15, 0.2) is 30.5 Å². The topological polar surface area (TPSA) is 50.2 Å². The van der Waals surface area contributed by atoms with E-state index in [4.69, 9.17) is 0 Å². The second-order valence-corrected chi connectivity index (χ2v) is 6.65. The minimum atomic E-state index is 0. The number of rotatable bonds is 3. The zero-order valence-corrected chi connectivity index (χ0v) is 14.1. The van der Waals surface area contributed by atoms with Gasteiger partial charge in [0.2, 0.25) is 5.91 Å². The van der Waals surface area contributed by atoms with Crippen LogP contribution in [0.3, 0.4) is 0 Å². The number of benzene rings is 1. The van der Waals surface area contributed by atoms with Gasteiger partial charge in [0.25, 0.3) is 0 Å². The number of aromatic nitrogens is 2. The minimum Gasteiger partial charge on any atom is -0.341 e. The first kappa shape index (κ1) is 16.3. The number of likely N-dealkylation sites (N-methyl/N-ethyl adjacent to an activating group) is 1. The second-order valence-electron chi connectivity index (χ2n) is 6.65. The zero-order valence-electron chi connectivity index (χ0n) is 13.3. The van der Waals surface area contributed by atoms with Crippen LogP contribution in [0, 0.1) is 0 Å². The van der Waals surface area contributed by atoms with E-state index in [2.05, 4.69) is 10.4 Å². The minimum absolute atomic E-state index is 0. The number of carbonyl (C=O) groups excluding carboxylic acids is 1. The number of halogens is 1. The molecule has 2 aliphatic heterocycles. The fourth-order valence-electron chi connectivity index (χ4n) is 3.89. The van der Waals surface area contributed by atoms with E-state index in [0.717, 1.165) is 23.7 Å². The molecule has 23 heavy (non-hydrogen) atoms. The molecule has 1 aromatic carbocycles. The molecule has 5 nitrogen and oxygen atoms in total. The molecule has 2 fully saturated rings. The molecule has 0 radical (unpaired) electrons. The molecule has 0 aliphatic carbocycles. The van der Waals surface area contributed by atoms with E-state index in [0.29, 0.717) is 24.7 Å². The Morgan fingerprint density at radius 3 is 2.70 bits per heavy atom. The van der Waals surface area contributed by atoms with Crippen molar-refractivity contribution in [1.29, 1.82) is 0 Å². The number of nitrogens with one attached hydrogen (secondary N) is 1. The van der Waals surface area contributed by atoms with Crippen molar-refractivity contribution >= 4 is 29.2 Å². The van der Waals surface area contributed by atoms with Crippen molar-refractivity contribution in [2.75, 3.05) is 7.05 Å². The fourth-order valence-corrected chi connectivity index (χ4v) is 3.89. The van der Waals surface area contributed by atoms with E-state index in [1.165, 1.54) is 12.8 Å². The maximum Gasteiger partial charge on any atom is 0.244 e. The van der Waals surface area contributed by atoms with Gasteiger partial charge in [0.15, 0.2) is 0 Å². The van der Waals surface area contributed by atoms with Crippen molar-refractivity contribution in [3.05, 3.63) is 30.5 Å². The smallest absolute Gasteiger partial charge is 0.244 e. The summed E-state index contributed by atoms with van der Waals surface area (Å²) in [5, 5.41) is 9.19. The first-order valence-corrected chi connectivity index (χ1v) is 8.13. The van der Waals surface area contributed by atoms with E-state index >= 15 is 0 Å². The Kier molecular flexibility index (Phi) is 4.60. The van der Waals surface area contributed by atoms with E-state index in [1.807, 2.05) is 42.4 Å². The molecular formula is C17H23ClN4O. The molecular weight excluding hydrogens is 312 g/mol. The molecule has 6 heteroatoms. The molecule has 1 amide bonds. The van der Waals surface area contributed by atoms with Crippen molar-refractivity contribution in [1.82, 2.24) is 20.0 Å². The van der Waals surface area contributed by atoms with Crippen LogP contribution in [-0.2, 0) is 11.3 Å². The predicted molar refractivity (Wildman–Crippen MR) is 92.7 cm³/mol. The van der Waals surface area contributed by atoms with E-state index in [9.17, 15) is 4.79 Å². The summed E-state index contributed by atoms with van der Waals surface area (Å²) in [5.74, 6) is 0.152. The Labute approximate surface area is 142 Å². The lowest BCUT2D eigenvalue weighted by molar-refractivity contribution is -0.133. The zero-order chi connectivity index (χ0) is 15.1. The van der Waals surface area contributed by atoms with Gasteiger partial charge in [0.05, 0.1) is 5.52 Å². The standard InChI is InChI=1S/C17H22N4O.ClH/c1-20(15-8-13-6-7-14(9-15)18-13)17(22)11-21-10-12-4-2-3-5-16(12)19-21;/h2-5,10,13-15,18H,6-9,11H2,1H3;1H. The van der Waals surface area contributed by atoms with Crippen molar-refractivity contribution in [2.45, 2.75) is 50.4 Å². The van der Waals surface area contributed by atoms with Gasteiger partial charge < -0.3 is 10.2 Å². The summed E-state index contributed by atoms with van der Waals surface area (Å²) >= 11 is 0. The fraction of sp³-hybridized carbons (Fsp3) is 0.529. The van der Waals surface area contributed by atoms with Gasteiger partial charge in [0, 0.05) is 36.8 Å².